The van der Waals surface area contributed by atoms with Gasteiger partial charge in [-0.2, -0.15) is 0 Å². The lowest BCUT2D eigenvalue weighted by atomic mass is 10.0. The number of nitrogens with zero attached hydrogens (tertiary/aromatic N) is 3. The van der Waals surface area contributed by atoms with Gasteiger partial charge in [0.25, 0.3) is 0 Å². The van der Waals surface area contributed by atoms with Crippen LogP contribution in [0.4, 0.5) is 5.82 Å². The molecule has 0 unspecified atom stereocenters. The predicted octanol–water partition coefficient (Wildman–Crippen LogP) is 2.14. The molecule has 21 heavy (non-hydrogen) atoms. The summed E-state index contributed by atoms with van der Waals surface area (Å²) in [4.78, 5) is 23.6. The Morgan fingerprint density at radius 3 is 2.81 bits per heavy atom. The summed E-state index contributed by atoms with van der Waals surface area (Å²) in [6.45, 7) is 8.07. The Balaban J connectivity index is 2.01. The highest BCUT2D eigenvalue weighted by Crippen LogP contribution is 2.31. The first-order valence-electron chi connectivity index (χ1n) is 7.97. The van der Waals surface area contributed by atoms with Gasteiger partial charge in [0.15, 0.2) is 0 Å². The molecule has 1 fully saturated rings. The highest BCUT2D eigenvalue weighted by molar-refractivity contribution is 5.95. The zero-order chi connectivity index (χ0) is 15.0. The van der Waals surface area contributed by atoms with Crippen LogP contribution in [0.15, 0.2) is 0 Å². The molecule has 0 spiro atoms. The fraction of sp³-hybridized carbons (Fsp3) is 0.688. The van der Waals surface area contributed by atoms with Crippen LogP contribution in [0.5, 0.6) is 0 Å². The van der Waals surface area contributed by atoms with Crippen LogP contribution in [-0.2, 0) is 11.2 Å². The molecule has 5 heteroatoms. The molecule has 114 valence electrons. The van der Waals surface area contributed by atoms with Gasteiger partial charge in [0, 0.05) is 24.2 Å². The Bertz CT molecular complexity index is 549. The van der Waals surface area contributed by atoms with Crippen LogP contribution >= 0.6 is 0 Å². The van der Waals surface area contributed by atoms with Crippen molar-refractivity contribution in [1.82, 2.24) is 15.3 Å². The van der Waals surface area contributed by atoms with E-state index in [4.69, 9.17) is 9.97 Å². The maximum atomic E-state index is 12.3. The Morgan fingerprint density at radius 2 is 2.14 bits per heavy atom. The Kier molecular flexibility index (Phi) is 3.93. The van der Waals surface area contributed by atoms with Crippen LogP contribution in [0.2, 0.25) is 0 Å². The summed E-state index contributed by atoms with van der Waals surface area (Å²) < 4.78 is 0. The van der Waals surface area contributed by atoms with Crippen molar-refractivity contribution in [2.45, 2.75) is 52.5 Å². The average molecular weight is 288 g/mol. The van der Waals surface area contributed by atoms with E-state index in [9.17, 15) is 4.79 Å². The van der Waals surface area contributed by atoms with E-state index in [1.54, 1.807) is 0 Å². The van der Waals surface area contributed by atoms with E-state index in [1.165, 1.54) is 6.42 Å². The molecule has 1 aromatic heterocycles. The molecule has 1 aromatic rings. The topological polar surface area (TPSA) is 58.1 Å². The second kappa shape index (κ2) is 5.72. The summed E-state index contributed by atoms with van der Waals surface area (Å²) in [6, 6.07) is 0.243. The number of aromatic nitrogens is 2. The quantitative estimate of drug-likeness (QED) is 0.926. The predicted molar refractivity (Wildman–Crippen MR) is 82.3 cm³/mol. The number of hydrogen-bond acceptors (Lipinski definition) is 4. The van der Waals surface area contributed by atoms with Crippen molar-refractivity contribution in [3.05, 3.63) is 17.1 Å². The number of hydrogen-bond donors (Lipinski definition) is 1. The lowest BCUT2D eigenvalue weighted by Crippen LogP contribution is -2.39. The summed E-state index contributed by atoms with van der Waals surface area (Å²) in [7, 11) is 0. The summed E-state index contributed by atoms with van der Waals surface area (Å²) in [5.74, 6) is 2.34. The molecule has 0 saturated carbocycles. The van der Waals surface area contributed by atoms with Crippen molar-refractivity contribution in [1.29, 1.82) is 0 Å². The standard InChI is InChI=1S/C16H24N4O/c1-10(2)9-20-14(21)7-6-12-11(3)18-15(19-16(12)20)13-5-4-8-17-13/h10,13,17H,4-9H2,1-3H3/t13-/m1/s1. The maximum absolute atomic E-state index is 12.3. The smallest absolute Gasteiger partial charge is 0.228 e. The highest BCUT2D eigenvalue weighted by atomic mass is 16.2. The lowest BCUT2D eigenvalue weighted by Gasteiger charge is -2.31. The number of amides is 1. The minimum Gasteiger partial charge on any atom is -0.307 e. The van der Waals surface area contributed by atoms with E-state index in [2.05, 4.69) is 19.2 Å². The Morgan fingerprint density at radius 1 is 1.33 bits per heavy atom. The van der Waals surface area contributed by atoms with Crippen molar-refractivity contribution in [2.24, 2.45) is 5.92 Å². The molecule has 1 saturated heterocycles. The van der Waals surface area contributed by atoms with Crippen LogP contribution in [0, 0.1) is 12.8 Å². The highest BCUT2D eigenvalue weighted by Gasteiger charge is 2.30. The molecule has 3 heterocycles. The number of carbonyl (C=O) groups excluding carboxylic acids is 1. The van der Waals surface area contributed by atoms with Crippen LogP contribution < -0.4 is 10.2 Å². The summed E-state index contributed by atoms with van der Waals surface area (Å²) in [5.41, 5.74) is 2.18. The van der Waals surface area contributed by atoms with E-state index < -0.39 is 0 Å². The van der Waals surface area contributed by atoms with Gasteiger partial charge in [0.1, 0.15) is 11.6 Å². The monoisotopic (exact) mass is 288 g/mol. The van der Waals surface area contributed by atoms with Gasteiger partial charge in [-0.1, -0.05) is 13.8 Å². The van der Waals surface area contributed by atoms with E-state index in [-0.39, 0.29) is 11.9 Å². The van der Waals surface area contributed by atoms with Gasteiger partial charge in [-0.05, 0) is 38.6 Å². The van der Waals surface area contributed by atoms with Gasteiger partial charge >= 0.3 is 0 Å². The summed E-state index contributed by atoms with van der Waals surface area (Å²) in [5, 5.41) is 3.45. The molecular formula is C16H24N4O. The first kappa shape index (κ1) is 14.4. The molecule has 2 aliphatic heterocycles. The molecule has 5 nitrogen and oxygen atoms in total. The zero-order valence-corrected chi connectivity index (χ0v) is 13.1. The maximum Gasteiger partial charge on any atom is 0.228 e. The van der Waals surface area contributed by atoms with E-state index in [1.807, 2.05) is 11.8 Å². The molecule has 0 bridgehead atoms. The Hall–Kier alpha value is -1.49. The molecule has 1 N–H and O–H groups in total. The van der Waals surface area contributed by atoms with E-state index in [0.29, 0.717) is 12.3 Å². The average Bonchev–Trinajstić information content (AvgIpc) is 2.95. The summed E-state index contributed by atoms with van der Waals surface area (Å²) in [6.07, 6.45) is 3.59. The molecular weight excluding hydrogens is 264 g/mol. The van der Waals surface area contributed by atoms with E-state index in [0.717, 1.165) is 48.8 Å². The third-order valence-electron chi connectivity index (χ3n) is 4.27. The minimum atomic E-state index is 0.194. The van der Waals surface area contributed by atoms with Crippen LogP contribution in [-0.4, -0.2) is 29.0 Å². The molecule has 2 aliphatic rings. The van der Waals surface area contributed by atoms with Crippen molar-refractivity contribution >= 4 is 11.7 Å². The van der Waals surface area contributed by atoms with Crippen LogP contribution in [0.3, 0.4) is 0 Å². The first-order chi connectivity index (χ1) is 10.1. The van der Waals surface area contributed by atoms with Crippen molar-refractivity contribution in [3.63, 3.8) is 0 Å². The number of fused-ring (bicyclic) bond motifs is 1. The Labute approximate surface area is 126 Å². The first-order valence-corrected chi connectivity index (χ1v) is 7.97. The fourth-order valence-electron chi connectivity index (χ4n) is 3.22. The molecule has 0 aliphatic carbocycles. The van der Waals surface area contributed by atoms with Crippen LogP contribution in [0.25, 0.3) is 0 Å². The number of rotatable bonds is 3. The molecule has 3 rings (SSSR count). The number of anilines is 1. The van der Waals surface area contributed by atoms with Gasteiger partial charge in [-0.25, -0.2) is 9.97 Å². The van der Waals surface area contributed by atoms with Gasteiger partial charge in [-0.15, -0.1) is 0 Å². The molecule has 1 atom stereocenters. The third-order valence-corrected chi connectivity index (χ3v) is 4.27. The number of aryl methyl sites for hydroxylation is 1. The SMILES string of the molecule is Cc1nc([C@H]2CCCN2)nc2c1CCC(=O)N2CC(C)C. The lowest BCUT2D eigenvalue weighted by molar-refractivity contribution is -0.119. The van der Waals surface area contributed by atoms with Crippen LogP contribution in [0.1, 0.15) is 56.2 Å². The zero-order valence-electron chi connectivity index (χ0n) is 13.1. The largest absolute Gasteiger partial charge is 0.307 e. The van der Waals surface area contributed by atoms with Crippen molar-refractivity contribution < 1.29 is 4.79 Å². The number of nitrogens with one attached hydrogen (secondary N) is 1. The van der Waals surface area contributed by atoms with Gasteiger partial charge in [-0.3, -0.25) is 9.69 Å². The second-order valence-electron chi connectivity index (χ2n) is 6.52. The van der Waals surface area contributed by atoms with Crippen molar-refractivity contribution in [2.75, 3.05) is 18.0 Å². The number of carbonyl (C=O) groups is 1. The normalized spacial score (nSPS) is 22.0. The second-order valence-corrected chi connectivity index (χ2v) is 6.52. The fourth-order valence-corrected chi connectivity index (χ4v) is 3.22. The summed E-state index contributed by atoms with van der Waals surface area (Å²) >= 11 is 0. The minimum absolute atomic E-state index is 0.194. The van der Waals surface area contributed by atoms with Crippen molar-refractivity contribution in [3.8, 4) is 0 Å². The molecule has 0 radical (unpaired) electrons. The van der Waals surface area contributed by atoms with Gasteiger partial charge in [0.2, 0.25) is 5.91 Å². The van der Waals surface area contributed by atoms with Gasteiger partial charge in [0.05, 0.1) is 6.04 Å². The van der Waals surface area contributed by atoms with E-state index >= 15 is 0 Å². The molecule has 1 amide bonds. The molecule has 0 aromatic carbocycles. The third kappa shape index (κ3) is 2.79. The van der Waals surface area contributed by atoms with Gasteiger partial charge < -0.3 is 5.32 Å².